The zero-order chi connectivity index (χ0) is 11.2. The lowest BCUT2D eigenvalue weighted by molar-refractivity contribution is -0.143. The summed E-state index contributed by atoms with van der Waals surface area (Å²) in [5.41, 5.74) is 0. The molecule has 1 saturated carbocycles. The van der Waals surface area contributed by atoms with Crippen molar-refractivity contribution in [2.24, 2.45) is 11.8 Å². The quantitative estimate of drug-likeness (QED) is 0.411. The third-order valence-corrected chi connectivity index (χ3v) is 3.42. The smallest absolute Gasteiger partial charge is 0.321 e. The summed E-state index contributed by atoms with van der Waals surface area (Å²) < 4.78 is 4.50. The van der Waals surface area contributed by atoms with Crippen LogP contribution >= 0.6 is 15.9 Å². The molecule has 1 saturated heterocycles. The molecule has 0 aromatic carbocycles. The van der Waals surface area contributed by atoms with Crippen molar-refractivity contribution >= 4 is 33.7 Å². The normalized spacial score (nSPS) is 30.1. The van der Waals surface area contributed by atoms with Gasteiger partial charge in [-0.25, -0.2) is 0 Å². The van der Waals surface area contributed by atoms with Gasteiger partial charge in [0.15, 0.2) is 0 Å². The molecule has 2 aliphatic rings. The molecule has 5 nitrogen and oxygen atoms in total. The Morgan fingerprint density at radius 2 is 2.07 bits per heavy atom. The minimum absolute atomic E-state index is 0.0668. The maximum Gasteiger partial charge on any atom is 0.321 e. The number of methoxy groups -OCH3 is 1. The van der Waals surface area contributed by atoms with Crippen molar-refractivity contribution in [3.8, 4) is 0 Å². The summed E-state index contributed by atoms with van der Waals surface area (Å²) in [6.07, 6.45) is 0.680. The highest BCUT2D eigenvalue weighted by Gasteiger charge is 2.59. The fourth-order valence-corrected chi connectivity index (χ4v) is 2.27. The van der Waals surface area contributed by atoms with Crippen molar-refractivity contribution < 1.29 is 19.1 Å². The Kier molecular flexibility index (Phi) is 2.54. The molecule has 3 unspecified atom stereocenters. The number of ether oxygens (including phenoxy) is 1. The van der Waals surface area contributed by atoms with Gasteiger partial charge in [-0.15, -0.1) is 0 Å². The Labute approximate surface area is 94.9 Å². The molecule has 2 fully saturated rings. The predicted molar refractivity (Wildman–Crippen MR) is 53.0 cm³/mol. The average Bonchev–Trinajstić information content (AvgIpc) is 2.97. The van der Waals surface area contributed by atoms with Gasteiger partial charge in [0.25, 0.3) is 0 Å². The van der Waals surface area contributed by atoms with Crippen molar-refractivity contribution in [1.29, 1.82) is 0 Å². The minimum Gasteiger partial charge on any atom is -0.468 e. The Balaban J connectivity index is 1.98. The van der Waals surface area contributed by atoms with Gasteiger partial charge in [0.1, 0.15) is 4.83 Å². The Bertz CT molecular complexity index is 323. The summed E-state index contributed by atoms with van der Waals surface area (Å²) in [6, 6.07) is 0. The predicted octanol–water partition coefficient (Wildman–Crippen LogP) is -0.0722. The van der Waals surface area contributed by atoms with E-state index in [1.54, 1.807) is 0 Å². The monoisotopic (exact) mass is 275 g/mol. The molecule has 82 valence electrons. The highest BCUT2D eigenvalue weighted by Crippen LogP contribution is 2.47. The van der Waals surface area contributed by atoms with Crippen molar-refractivity contribution in [3.63, 3.8) is 0 Å². The Morgan fingerprint density at radius 3 is 2.53 bits per heavy atom. The van der Waals surface area contributed by atoms with E-state index in [0.29, 0.717) is 6.42 Å². The number of fused-ring (bicyclic) bond motifs is 1. The highest BCUT2D eigenvalue weighted by molar-refractivity contribution is 9.10. The molecule has 0 bridgehead atoms. The maximum atomic E-state index is 11.5. The first-order valence-electron chi connectivity index (χ1n) is 4.63. The number of nitrogens with zero attached hydrogens (tertiary/aromatic N) is 1. The molecular formula is C9H10BrNO4. The van der Waals surface area contributed by atoms with Gasteiger partial charge in [0.2, 0.25) is 11.8 Å². The van der Waals surface area contributed by atoms with Gasteiger partial charge in [-0.1, -0.05) is 15.9 Å². The van der Waals surface area contributed by atoms with E-state index in [1.807, 2.05) is 0 Å². The summed E-state index contributed by atoms with van der Waals surface area (Å²) in [7, 11) is 1.27. The van der Waals surface area contributed by atoms with Crippen molar-refractivity contribution in [1.82, 2.24) is 4.90 Å². The molecule has 15 heavy (non-hydrogen) atoms. The molecule has 0 spiro atoms. The fraction of sp³-hybridized carbons (Fsp3) is 0.667. The second-order valence-electron chi connectivity index (χ2n) is 3.73. The first kappa shape index (κ1) is 10.6. The number of halogens is 1. The van der Waals surface area contributed by atoms with Crippen LogP contribution in [0.3, 0.4) is 0 Å². The molecule has 1 aliphatic carbocycles. The largest absolute Gasteiger partial charge is 0.468 e. The van der Waals surface area contributed by atoms with E-state index in [4.69, 9.17) is 0 Å². The van der Waals surface area contributed by atoms with Gasteiger partial charge in [-0.3, -0.25) is 19.3 Å². The number of amides is 2. The van der Waals surface area contributed by atoms with Crippen molar-refractivity contribution in [3.05, 3.63) is 0 Å². The molecule has 2 rings (SSSR count). The van der Waals surface area contributed by atoms with Crippen LogP contribution in [-0.2, 0) is 19.1 Å². The van der Waals surface area contributed by atoms with E-state index in [-0.39, 0.29) is 30.2 Å². The van der Waals surface area contributed by atoms with Gasteiger partial charge in [-0.05, 0) is 6.42 Å². The van der Waals surface area contributed by atoms with Crippen LogP contribution in [0.5, 0.6) is 0 Å². The first-order valence-corrected chi connectivity index (χ1v) is 5.55. The standard InChI is InChI=1S/C9H10BrNO4/c1-15-9(14)6(10)3-11-7(12)4-2-5(4)8(11)13/h4-6H,2-3H2,1H3. The summed E-state index contributed by atoms with van der Waals surface area (Å²) >= 11 is 3.08. The fourth-order valence-electron chi connectivity index (χ4n) is 1.79. The number of hydrogen-bond acceptors (Lipinski definition) is 4. The highest BCUT2D eigenvalue weighted by atomic mass is 79.9. The van der Waals surface area contributed by atoms with E-state index < -0.39 is 10.8 Å². The zero-order valence-corrected chi connectivity index (χ0v) is 9.69. The number of piperidine rings is 1. The third kappa shape index (κ3) is 1.67. The van der Waals surface area contributed by atoms with Crippen LogP contribution in [0.15, 0.2) is 0 Å². The molecule has 1 heterocycles. The molecule has 0 aromatic heterocycles. The van der Waals surface area contributed by atoms with Gasteiger partial charge < -0.3 is 4.74 Å². The van der Waals surface area contributed by atoms with Crippen LogP contribution < -0.4 is 0 Å². The number of carbonyl (C=O) groups is 3. The summed E-state index contributed by atoms with van der Waals surface area (Å²) in [5.74, 6) is -1.02. The van der Waals surface area contributed by atoms with E-state index in [2.05, 4.69) is 20.7 Å². The number of alkyl halides is 1. The second-order valence-corrected chi connectivity index (χ2v) is 4.83. The number of carbonyl (C=O) groups excluding carboxylic acids is 3. The molecule has 0 aromatic rings. The summed E-state index contributed by atoms with van der Waals surface area (Å²) in [4.78, 5) is 34.7. The molecule has 3 atom stereocenters. The number of hydrogen-bond donors (Lipinski definition) is 0. The van der Waals surface area contributed by atoms with E-state index in [1.165, 1.54) is 7.11 Å². The minimum atomic E-state index is -0.632. The molecule has 0 radical (unpaired) electrons. The third-order valence-electron chi connectivity index (χ3n) is 2.76. The number of likely N-dealkylation sites (tertiary alicyclic amines) is 1. The first-order chi connectivity index (χ1) is 7.06. The average molecular weight is 276 g/mol. The second kappa shape index (κ2) is 3.59. The lowest BCUT2D eigenvalue weighted by Gasteiger charge is -2.18. The van der Waals surface area contributed by atoms with E-state index in [9.17, 15) is 14.4 Å². The van der Waals surface area contributed by atoms with Gasteiger partial charge in [-0.2, -0.15) is 0 Å². The molecular weight excluding hydrogens is 266 g/mol. The molecule has 0 N–H and O–H groups in total. The van der Waals surface area contributed by atoms with Crippen LogP contribution in [0.1, 0.15) is 6.42 Å². The SMILES string of the molecule is COC(=O)C(Br)CN1C(=O)C2CC2C1=O. The molecule has 2 amide bonds. The van der Waals surface area contributed by atoms with Crippen LogP contribution in [0, 0.1) is 11.8 Å². The molecule has 6 heteroatoms. The van der Waals surface area contributed by atoms with Crippen LogP contribution in [0.25, 0.3) is 0 Å². The number of imide groups is 1. The van der Waals surface area contributed by atoms with E-state index in [0.717, 1.165) is 4.90 Å². The Hall–Kier alpha value is -0.910. The number of rotatable bonds is 3. The summed E-state index contributed by atoms with van der Waals surface area (Å²) in [6.45, 7) is 0.0668. The maximum absolute atomic E-state index is 11.5. The Morgan fingerprint density at radius 1 is 1.53 bits per heavy atom. The van der Waals surface area contributed by atoms with E-state index >= 15 is 0 Å². The van der Waals surface area contributed by atoms with Crippen molar-refractivity contribution in [2.75, 3.05) is 13.7 Å². The van der Waals surface area contributed by atoms with Crippen LogP contribution in [-0.4, -0.2) is 41.2 Å². The van der Waals surface area contributed by atoms with Crippen LogP contribution in [0.2, 0.25) is 0 Å². The van der Waals surface area contributed by atoms with Gasteiger partial charge in [0, 0.05) is 0 Å². The van der Waals surface area contributed by atoms with Crippen LogP contribution in [0.4, 0.5) is 0 Å². The number of esters is 1. The zero-order valence-electron chi connectivity index (χ0n) is 8.10. The van der Waals surface area contributed by atoms with Crippen molar-refractivity contribution in [2.45, 2.75) is 11.2 Å². The summed E-state index contributed by atoms with van der Waals surface area (Å²) in [5, 5.41) is 0. The topological polar surface area (TPSA) is 63.7 Å². The lowest BCUT2D eigenvalue weighted by atomic mass is 10.3. The lowest BCUT2D eigenvalue weighted by Crippen LogP contribution is -2.40. The van der Waals surface area contributed by atoms with Gasteiger partial charge >= 0.3 is 5.97 Å². The molecule has 1 aliphatic heterocycles. The van der Waals surface area contributed by atoms with Gasteiger partial charge in [0.05, 0.1) is 25.5 Å².